The molecular formula is C24H22ClF3N4O3. The molecule has 4 rings (SSSR count). The van der Waals surface area contributed by atoms with Crippen LogP contribution in [0.15, 0.2) is 46.0 Å². The molecule has 2 aromatic carbocycles. The Morgan fingerprint density at radius 3 is 2.43 bits per heavy atom. The molecular weight excluding hydrogens is 485 g/mol. The van der Waals surface area contributed by atoms with Gasteiger partial charge < -0.3 is 14.6 Å². The summed E-state index contributed by atoms with van der Waals surface area (Å²) >= 11 is 6.12. The molecule has 1 atom stereocenters. The van der Waals surface area contributed by atoms with Gasteiger partial charge in [0.25, 0.3) is 0 Å². The highest BCUT2D eigenvalue weighted by atomic mass is 35.5. The second-order valence-corrected chi connectivity index (χ2v) is 8.57. The number of halogens is 4. The summed E-state index contributed by atoms with van der Waals surface area (Å²) in [5.41, 5.74) is 4.36. The number of rotatable bonds is 3. The predicted octanol–water partition coefficient (Wildman–Crippen LogP) is 5.85. The quantitative estimate of drug-likeness (QED) is 0.483. The Balaban J connectivity index is 1.87. The summed E-state index contributed by atoms with van der Waals surface area (Å²) in [5.74, 6) is 0.120. The van der Waals surface area contributed by atoms with Gasteiger partial charge >= 0.3 is 12.4 Å². The second-order valence-electron chi connectivity index (χ2n) is 8.17. The summed E-state index contributed by atoms with van der Waals surface area (Å²) in [5, 5.41) is 12.2. The third kappa shape index (κ3) is 4.97. The molecule has 2 amide bonds. The van der Waals surface area contributed by atoms with E-state index in [0.717, 1.165) is 16.8 Å². The number of aryl methyl sites for hydroxylation is 2. The van der Waals surface area contributed by atoms with Crippen LogP contribution in [0.2, 0.25) is 5.02 Å². The van der Waals surface area contributed by atoms with Crippen molar-refractivity contribution in [2.24, 2.45) is 5.10 Å². The maximum atomic E-state index is 13.0. The smallest absolute Gasteiger partial charge is 0.404 e. The van der Waals surface area contributed by atoms with Crippen LogP contribution in [0.4, 0.5) is 18.0 Å². The molecule has 184 valence electrons. The molecule has 0 fully saturated rings. The molecule has 0 radical (unpaired) electrons. The summed E-state index contributed by atoms with van der Waals surface area (Å²) < 4.78 is 48.4. The lowest BCUT2D eigenvalue weighted by atomic mass is 9.93. The SMILES string of the molecule is CNC(=O)N1N=C(c2ccc(-c3c(C)noc3C)cc2)c2cc(OC(F)(F)F)c(Cl)cc2C[C@H]1C. The number of amides is 2. The van der Waals surface area contributed by atoms with Crippen molar-refractivity contribution in [3.8, 4) is 16.9 Å². The van der Waals surface area contributed by atoms with E-state index in [1.165, 1.54) is 24.2 Å². The Morgan fingerprint density at radius 2 is 1.86 bits per heavy atom. The fraction of sp³-hybridized carbons (Fsp3) is 0.292. The van der Waals surface area contributed by atoms with Gasteiger partial charge in [-0.25, -0.2) is 9.80 Å². The molecule has 1 aliphatic rings. The second kappa shape index (κ2) is 9.26. The van der Waals surface area contributed by atoms with Crippen molar-refractivity contribution in [3.63, 3.8) is 0 Å². The number of hydrogen-bond donors (Lipinski definition) is 1. The largest absolute Gasteiger partial charge is 0.573 e. The topological polar surface area (TPSA) is 80.0 Å². The molecule has 7 nitrogen and oxygen atoms in total. The Kier molecular flexibility index (Phi) is 6.50. The van der Waals surface area contributed by atoms with Crippen LogP contribution in [-0.4, -0.2) is 41.4 Å². The van der Waals surface area contributed by atoms with Crippen LogP contribution in [-0.2, 0) is 6.42 Å². The van der Waals surface area contributed by atoms with Crippen LogP contribution >= 0.6 is 11.6 Å². The molecule has 1 aromatic heterocycles. The van der Waals surface area contributed by atoms with Crippen molar-refractivity contribution >= 4 is 23.3 Å². The lowest BCUT2D eigenvalue weighted by Crippen LogP contribution is -2.41. The number of alkyl halides is 3. The van der Waals surface area contributed by atoms with Gasteiger partial charge in [0.2, 0.25) is 0 Å². The molecule has 0 bridgehead atoms. The van der Waals surface area contributed by atoms with E-state index < -0.39 is 24.2 Å². The van der Waals surface area contributed by atoms with E-state index in [9.17, 15) is 18.0 Å². The van der Waals surface area contributed by atoms with Gasteiger partial charge in [-0.05, 0) is 50.5 Å². The number of carbonyl (C=O) groups is 1. The standard InChI is InChI=1S/C24H22ClF3N4O3/c1-12-9-17-10-19(25)20(34-24(26,27)28)11-18(17)22(30-32(12)23(33)29-4)16-7-5-15(6-8-16)21-13(2)31-35-14(21)3/h5-8,10-12H,9H2,1-4H3,(H,29,33)/t12-/m1/s1. The number of ether oxygens (including phenoxy) is 1. The highest BCUT2D eigenvalue weighted by Crippen LogP contribution is 2.36. The van der Waals surface area contributed by atoms with Gasteiger partial charge in [0.1, 0.15) is 11.5 Å². The van der Waals surface area contributed by atoms with Crippen molar-refractivity contribution in [2.75, 3.05) is 7.05 Å². The van der Waals surface area contributed by atoms with Crippen molar-refractivity contribution in [1.82, 2.24) is 15.5 Å². The summed E-state index contributed by atoms with van der Waals surface area (Å²) in [4.78, 5) is 12.6. The zero-order chi connectivity index (χ0) is 25.5. The number of fused-ring (bicyclic) bond motifs is 1. The Bertz CT molecular complexity index is 1280. The lowest BCUT2D eigenvalue weighted by Gasteiger charge is -2.22. The Hall–Kier alpha value is -3.53. The van der Waals surface area contributed by atoms with E-state index in [4.69, 9.17) is 16.1 Å². The minimum Gasteiger partial charge on any atom is -0.404 e. The first-order chi connectivity index (χ1) is 16.5. The zero-order valence-electron chi connectivity index (χ0n) is 19.3. The normalized spacial score (nSPS) is 15.8. The average Bonchev–Trinajstić information content (AvgIpc) is 3.05. The third-order valence-electron chi connectivity index (χ3n) is 5.68. The minimum absolute atomic E-state index is 0.185. The van der Waals surface area contributed by atoms with Gasteiger partial charge in [0.15, 0.2) is 0 Å². The number of aromatic nitrogens is 1. The minimum atomic E-state index is -4.92. The molecule has 2 heterocycles. The summed E-state index contributed by atoms with van der Waals surface area (Å²) in [6, 6.07) is 9.03. The van der Waals surface area contributed by atoms with E-state index in [2.05, 4.69) is 20.3 Å². The van der Waals surface area contributed by atoms with Crippen molar-refractivity contribution in [2.45, 2.75) is 39.6 Å². The van der Waals surface area contributed by atoms with Crippen LogP contribution in [0.1, 0.15) is 35.1 Å². The van der Waals surface area contributed by atoms with Crippen molar-refractivity contribution in [3.05, 3.63) is 69.6 Å². The van der Waals surface area contributed by atoms with Gasteiger partial charge in [-0.3, -0.25) is 0 Å². The summed E-state index contributed by atoms with van der Waals surface area (Å²) in [6.07, 6.45) is -4.60. The molecule has 11 heteroatoms. The van der Waals surface area contributed by atoms with Crippen molar-refractivity contribution < 1.29 is 27.2 Å². The van der Waals surface area contributed by atoms with Gasteiger partial charge in [0.05, 0.1) is 22.5 Å². The number of nitrogens with zero attached hydrogens (tertiary/aromatic N) is 3. The molecule has 35 heavy (non-hydrogen) atoms. The van der Waals surface area contributed by atoms with Gasteiger partial charge in [-0.15, -0.1) is 13.2 Å². The first-order valence-corrected chi connectivity index (χ1v) is 11.1. The molecule has 0 saturated carbocycles. The summed E-state index contributed by atoms with van der Waals surface area (Å²) in [7, 11) is 1.48. The van der Waals surface area contributed by atoms with Crippen LogP contribution in [0.5, 0.6) is 5.75 Å². The fourth-order valence-electron chi connectivity index (χ4n) is 4.11. The maximum absolute atomic E-state index is 13.0. The predicted molar refractivity (Wildman–Crippen MR) is 125 cm³/mol. The molecule has 0 spiro atoms. The Labute approximate surface area is 204 Å². The third-order valence-corrected chi connectivity index (χ3v) is 5.98. The lowest BCUT2D eigenvalue weighted by molar-refractivity contribution is -0.274. The highest BCUT2D eigenvalue weighted by Gasteiger charge is 2.34. The van der Waals surface area contributed by atoms with E-state index in [1.807, 2.05) is 26.0 Å². The van der Waals surface area contributed by atoms with Crippen LogP contribution in [0.25, 0.3) is 11.1 Å². The molecule has 3 aromatic rings. The highest BCUT2D eigenvalue weighted by molar-refractivity contribution is 6.32. The Morgan fingerprint density at radius 1 is 1.20 bits per heavy atom. The van der Waals surface area contributed by atoms with Crippen LogP contribution in [0.3, 0.4) is 0 Å². The number of benzene rings is 2. The van der Waals surface area contributed by atoms with Crippen molar-refractivity contribution in [1.29, 1.82) is 0 Å². The molecule has 0 unspecified atom stereocenters. The number of hydrazone groups is 1. The molecule has 0 saturated heterocycles. The number of urea groups is 1. The number of carbonyl (C=O) groups excluding carboxylic acids is 1. The fourth-order valence-corrected chi connectivity index (χ4v) is 4.34. The average molecular weight is 507 g/mol. The monoisotopic (exact) mass is 506 g/mol. The van der Waals surface area contributed by atoms with E-state index in [-0.39, 0.29) is 5.02 Å². The van der Waals surface area contributed by atoms with E-state index in [1.54, 1.807) is 19.1 Å². The van der Waals surface area contributed by atoms with E-state index in [0.29, 0.717) is 34.6 Å². The van der Waals surface area contributed by atoms with Crippen LogP contribution in [0, 0.1) is 13.8 Å². The zero-order valence-corrected chi connectivity index (χ0v) is 20.1. The van der Waals surface area contributed by atoms with E-state index >= 15 is 0 Å². The van der Waals surface area contributed by atoms with Gasteiger partial charge in [0, 0.05) is 23.7 Å². The molecule has 1 N–H and O–H groups in total. The number of nitrogens with one attached hydrogen (secondary N) is 1. The van der Waals surface area contributed by atoms with Crippen LogP contribution < -0.4 is 10.1 Å². The summed E-state index contributed by atoms with van der Waals surface area (Å²) in [6.45, 7) is 5.43. The molecule has 0 aliphatic carbocycles. The maximum Gasteiger partial charge on any atom is 0.573 e. The van der Waals surface area contributed by atoms with Gasteiger partial charge in [-0.2, -0.15) is 5.10 Å². The first kappa shape index (κ1) is 24.6. The molecule has 1 aliphatic heterocycles. The van der Waals surface area contributed by atoms with Gasteiger partial charge in [-0.1, -0.05) is 41.0 Å². The first-order valence-electron chi connectivity index (χ1n) is 10.7. The number of hydrogen-bond acceptors (Lipinski definition) is 5.